The minimum Gasteiger partial charge on any atom is -0.492 e. The van der Waals surface area contributed by atoms with Crippen LogP contribution >= 0.6 is 0 Å². The van der Waals surface area contributed by atoms with E-state index in [1.807, 2.05) is 68.1 Å². The first-order chi connectivity index (χ1) is 17.9. The predicted molar refractivity (Wildman–Crippen MR) is 147 cm³/mol. The second kappa shape index (κ2) is 12.2. The Hall–Kier alpha value is -3.45. The van der Waals surface area contributed by atoms with Gasteiger partial charge in [0.25, 0.3) is 5.91 Å². The fourth-order valence-corrected chi connectivity index (χ4v) is 4.94. The molecule has 6 nitrogen and oxygen atoms in total. The SMILES string of the molecule is CCOc1cncc(-c2ccc(C(C)N3CCN(c4ccc(C(=O)N(CC)CC)cc4)CC3)c(F)c2)c1. The molecule has 0 spiro atoms. The molecule has 7 heteroatoms. The van der Waals surface area contributed by atoms with E-state index in [0.717, 1.165) is 48.6 Å². The average molecular weight is 505 g/mol. The van der Waals surface area contributed by atoms with E-state index in [4.69, 9.17) is 4.74 Å². The van der Waals surface area contributed by atoms with Crippen LogP contribution in [0, 0.1) is 5.82 Å². The van der Waals surface area contributed by atoms with Crippen LogP contribution < -0.4 is 9.64 Å². The van der Waals surface area contributed by atoms with E-state index < -0.39 is 0 Å². The van der Waals surface area contributed by atoms with Gasteiger partial charge in [-0.1, -0.05) is 12.1 Å². The number of hydrogen-bond donors (Lipinski definition) is 0. The maximum atomic E-state index is 15.2. The molecule has 0 N–H and O–H groups in total. The van der Waals surface area contributed by atoms with Crippen molar-refractivity contribution in [3.63, 3.8) is 0 Å². The van der Waals surface area contributed by atoms with Crippen molar-refractivity contribution < 1.29 is 13.9 Å². The van der Waals surface area contributed by atoms with Gasteiger partial charge in [0.2, 0.25) is 0 Å². The number of ether oxygens (including phenoxy) is 1. The number of aromatic nitrogens is 1. The summed E-state index contributed by atoms with van der Waals surface area (Å²) in [4.78, 5) is 23.3. The topological polar surface area (TPSA) is 48.9 Å². The number of anilines is 1. The molecule has 1 unspecified atom stereocenters. The van der Waals surface area contributed by atoms with Gasteiger partial charge in [0.1, 0.15) is 11.6 Å². The van der Waals surface area contributed by atoms with Crippen molar-refractivity contribution in [1.29, 1.82) is 0 Å². The van der Waals surface area contributed by atoms with Crippen molar-refractivity contribution in [1.82, 2.24) is 14.8 Å². The predicted octanol–water partition coefficient (Wildman–Crippen LogP) is 5.65. The normalized spacial score (nSPS) is 14.9. The summed E-state index contributed by atoms with van der Waals surface area (Å²) >= 11 is 0. The highest BCUT2D eigenvalue weighted by Gasteiger charge is 2.24. The van der Waals surface area contributed by atoms with Gasteiger partial charge in [0.05, 0.1) is 12.8 Å². The Bertz CT molecular complexity index is 1190. The molecular formula is C30H37FN4O2. The summed E-state index contributed by atoms with van der Waals surface area (Å²) < 4.78 is 20.8. The van der Waals surface area contributed by atoms with Crippen molar-refractivity contribution in [2.75, 3.05) is 50.8 Å². The number of piperazine rings is 1. The van der Waals surface area contributed by atoms with E-state index in [1.54, 1.807) is 18.5 Å². The van der Waals surface area contributed by atoms with Crippen LogP contribution in [0.4, 0.5) is 10.1 Å². The third-order valence-electron chi connectivity index (χ3n) is 7.20. The summed E-state index contributed by atoms with van der Waals surface area (Å²) in [5, 5.41) is 0. The molecule has 1 amide bonds. The number of nitrogens with zero attached hydrogens (tertiary/aromatic N) is 4. The number of carbonyl (C=O) groups excluding carboxylic acids is 1. The van der Waals surface area contributed by atoms with Crippen LogP contribution in [0.25, 0.3) is 11.1 Å². The van der Waals surface area contributed by atoms with E-state index in [0.29, 0.717) is 31.0 Å². The van der Waals surface area contributed by atoms with E-state index in [-0.39, 0.29) is 17.8 Å². The minimum atomic E-state index is -0.206. The van der Waals surface area contributed by atoms with Crippen LogP contribution in [-0.2, 0) is 0 Å². The highest BCUT2D eigenvalue weighted by Crippen LogP contribution is 2.30. The average Bonchev–Trinajstić information content (AvgIpc) is 2.94. The highest BCUT2D eigenvalue weighted by atomic mass is 19.1. The smallest absolute Gasteiger partial charge is 0.253 e. The van der Waals surface area contributed by atoms with Gasteiger partial charge in [0.15, 0.2) is 0 Å². The molecule has 1 atom stereocenters. The van der Waals surface area contributed by atoms with Gasteiger partial charge in [-0.05, 0) is 69.7 Å². The van der Waals surface area contributed by atoms with Gasteiger partial charge in [0, 0.05) is 73.9 Å². The third-order valence-corrected chi connectivity index (χ3v) is 7.20. The Morgan fingerprint density at radius 2 is 1.68 bits per heavy atom. The van der Waals surface area contributed by atoms with Crippen LogP contribution in [0.2, 0.25) is 0 Å². The van der Waals surface area contributed by atoms with Gasteiger partial charge in [-0.2, -0.15) is 0 Å². The monoisotopic (exact) mass is 504 g/mol. The summed E-state index contributed by atoms with van der Waals surface area (Å²) in [6.45, 7) is 13.3. The summed E-state index contributed by atoms with van der Waals surface area (Å²) in [6, 6.07) is 15.2. The first kappa shape index (κ1) is 26.6. The number of halogens is 1. The molecule has 2 aromatic carbocycles. The van der Waals surface area contributed by atoms with Crippen molar-refractivity contribution in [2.45, 2.75) is 33.7 Å². The van der Waals surface area contributed by atoms with E-state index >= 15 is 4.39 Å². The molecule has 1 aliphatic heterocycles. The van der Waals surface area contributed by atoms with E-state index in [2.05, 4.69) is 21.7 Å². The van der Waals surface area contributed by atoms with E-state index in [9.17, 15) is 4.79 Å². The van der Waals surface area contributed by atoms with Gasteiger partial charge < -0.3 is 14.5 Å². The van der Waals surface area contributed by atoms with Crippen molar-refractivity contribution in [3.05, 3.63) is 77.9 Å². The van der Waals surface area contributed by atoms with Crippen molar-refractivity contribution >= 4 is 11.6 Å². The van der Waals surface area contributed by atoms with Gasteiger partial charge in [-0.25, -0.2) is 4.39 Å². The molecule has 1 aliphatic rings. The number of rotatable bonds is 9. The lowest BCUT2D eigenvalue weighted by Gasteiger charge is -2.39. The van der Waals surface area contributed by atoms with Crippen LogP contribution in [0.5, 0.6) is 5.75 Å². The first-order valence-electron chi connectivity index (χ1n) is 13.2. The third kappa shape index (κ3) is 6.10. The first-order valence-corrected chi connectivity index (χ1v) is 13.2. The molecule has 196 valence electrons. The molecule has 3 aromatic rings. The van der Waals surface area contributed by atoms with Crippen molar-refractivity contribution in [3.8, 4) is 16.9 Å². The van der Waals surface area contributed by atoms with Gasteiger partial charge >= 0.3 is 0 Å². The Morgan fingerprint density at radius 1 is 0.973 bits per heavy atom. The summed E-state index contributed by atoms with van der Waals surface area (Å²) in [7, 11) is 0. The lowest BCUT2D eigenvalue weighted by Crippen LogP contribution is -2.47. The number of carbonyl (C=O) groups is 1. The molecule has 0 bridgehead atoms. The second-order valence-corrected chi connectivity index (χ2v) is 9.30. The minimum absolute atomic E-state index is 0.0295. The molecular weight excluding hydrogens is 467 g/mol. The number of amides is 1. The number of pyridine rings is 1. The number of hydrogen-bond acceptors (Lipinski definition) is 5. The van der Waals surface area contributed by atoms with Gasteiger partial charge in [-0.3, -0.25) is 14.7 Å². The van der Waals surface area contributed by atoms with Gasteiger partial charge in [-0.15, -0.1) is 0 Å². The van der Waals surface area contributed by atoms with E-state index in [1.165, 1.54) is 0 Å². The maximum Gasteiger partial charge on any atom is 0.253 e. The standard InChI is InChI=1S/C30H37FN4O2/c1-5-33(6-2)30(36)23-8-11-26(12-9-23)35-16-14-34(15-17-35)22(4)28-13-10-24(19-29(28)31)25-18-27(37-7-3)21-32-20-25/h8-13,18-22H,5-7,14-17H2,1-4H3. The molecule has 0 aliphatic carbocycles. The van der Waals surface area contributed by atoms with Crippen LogP contribution in [-0.4, -0.2) is 66.6 Å². The Morgan fingerprint density at radius 3 is 2.30 bits per heavy atom. The lowest BCUT2D eigenvalue weighted by molar-refractivity contribution is 0.0773. The fourth-order valence-electron chi connectivity index (χ4n) is 4.94. The molecule has 0 saturated carbocycles. The molecule has 37 heavy (non-hydrogen) atoms. The molecule has 4 rings (SSSR count). The molecule has 1 saturated heterocycles. The Labute approximate surface area is 219 Å². The lowest BCUT2D eigenvalue weighted by atomic mass is 10.00. The zero-order valence-electron chi connectivity index (χ0n) is 22.3. The van der Waals surface area contributed by atoms with Crippen molar-refractivity contribution in [2.24, 2.45) is 0 Å². The molecule has 0 radical (unpaired) electrons. The zero-order valence-corrected chi connectivity index (χ0v) is 22.3. The summed E-state index contributed by atoms with van der Waals surface area (Å²) in [5.41, 5.74) is 4.16. The fraction of sp³-hybridized carbons (Fsp3) is 0.400. The quantitative estimate of drug-likeness (QED) is 0.377. The van der Waals surface area contributed by atoms with Crippen LogP contribution in [0.3, 0.4) is 0 Å². The molecule has 1 fully saturated rings. The summed E-state index contributed by atoms with van der Waals surface area (Å²) in [5.74, 6) is 0.546. The molecule has 1 aromatic heterocycles. The largest absolute Gasteiger partial charge is 0.492 e. The second-order valence-electron chi connectivity index (χ2n) is 9.30. The van der Waals surface area contributed by atoms with Crippen LogP contribution in [0.15, 0.2) is 60.9 Å². The highest BCUT2D eigenvalue weighted by molar-refractivity contribution is 5.94. The number of benzene rings is 2. The zero-order chi connectivity index (χ0) is 26.4. The Balaban J connectivity index is 1.38. The Kier molecular flexibility index (Phi) is 8.77. The van der Waals surface area contributed by atoms with Crippen LogP contribution in [0.1, 0.15) is 49.7 Å². The summed E-state index contributed by atoms with van der Waals surface area (Å²) in [6.07, 6.45) is 3.39. The maximum absolute atomic E-state index is 15.2. The molecule has 2 heterocycles.